The van der Waals surface area contributed by atoms with Crippen molar-refractivity contribution >= 4 is 0 Å². The van der Waals surface area contributed by atoms with Crippen LogP contribution in [0.4, 0.5) is 0 Å². The molecule has 2 aliphatic rings. The van der Waals surface area contributed by atoms with Crippen molar-refractivity contribution in [2.45, 2.75) is 0 Å². The van der Waals surface area contributed by atoms with Gasteiger partial charge in [0.1, 0.15) is 0 Å². The fraction of sp³-hybridized carbons (Fsp3) is 0. The van der Waals surface area contributed by atoms with Crippen LogP contribution >= 0.6 is 0 Å². The van der Waals surface area contributed by atoms with Crippen molar-refractivity contribution in [2.75, 3.05) is 0 Å². The van der Waals surface area contributed by atoms with E-state index in [1.807, 2.05) is 0 Å². The molecule has 2 heterocycles. The van der Waals surface area contributed by atoms with Crippen molar-refractivity contribution < 1.29 is 25.1 Å². The molecule has 0 unspecified atom stereocenters. The van der Waals surface area contributed by atoms with Crippen LogP contribution in [0.2, 0.25) is 0 Å². The lowest BCUT2D eigenvalue weighted by Gasteiger charge is -1.26. The van der Waals surface area contributed by atoms with Gasteiger partial charge in [-0.25, -0.2) is 0 Å². The molecule has 0 amide bonds. The number of rotatable bonds is 0. The first-order chi connectivity index (χ1) is 2.41. The molecule has 0 bridgehead atoms. The lowest BCUT2D eigenvalue weighted by Crippen LogP contribution is -1.80. The van der Waals surface area contributed by atoms with Gasteiger partial charge in [0.05, 0.1) is 0 Å². The Morgan fingerprint density at radius 1 is 0.800 bits per heavy atom. The van der Waals surface area contributed by atoms with Crippen LogP contribution in [0.25, 0.3) is 0 Å². The minimum atomic E-state index is -0.500. The lowest BCUT2D eigenvalue weighted by molar-refractivity contribution is -1.02. The van der Waals surface area contributed by atoms with Gasteiger partial charge in [-0.05, 0) is 0 Å². The standard InChI is InChI=1S/NO4/c2-1(3-2)4-5-1/q+1. The van der Waals surface area contributed by atoms with Crippen molar-refractivity contribution in [3.63, 3.8) is 0 Å². The van der Waals surface area contributed by atoms with Crippen LogP contribution in [0.5, 0.6) is 0 Å². The van der Waals surface area contributed by atoms with E-state index < -0.39 is 5.14 Å². The van der Waals surface area contributed by atoms with Gasteiger partial charge in [-0.3, -0.25) is 0 Å². The number of quaternary nitrogens is 1. The van der Waals surface area contributed by atoms with Gasteiger partial charge in [0.15, 0.2) is 20.0 Å². The topological polar surface area (TPSA) is 50.1 Å². The summed E-state index contributed by atoms with van der Waals surface area (Å²) in [5.74, 6) is 0. The van der Waals surface area contributed by atoms with Gasteiger partial charge in [0, 0.05) is 0 Å². The maximum atomic E-state index is 4.00. The maximum absolute atomic E-state index is 4.00. The summed E-state index contributed by atoms with van der Waals surface area (Å²) in [4.78, 5) is 16.0. The van der Waals surface area contributed by atoms with Crippen LogP contribution in [-0.4, -0.2) is 5.14 Å². The first kappa shape index (κ1) is 2.06. The molecule has 0 N–H and O–H groups in total. The summed E-state index contributed by atoms with van der Waals surface area (Å²) in [5.41, 5.74) is 0. The summed E-state index contributed by atoms with van der Waals surface area (Å²) in [6, 6.07) is 0. The summed E-state index contributed by atoms with van der Waals surface area (Å²) in [6.07, 6.45) is 0. The first-order valence-electron chi connectivity index (χ1n) is 1.06. The zero-order valence-corrected chi connectivity index (χ0v) is 2.08. The van der Waals surface area contributed by atoms with E-state index in [0.29, 0.717) is 0 Å². The van der Waals surface area contributed by atoms with Crippen molar-refractivity contribution in [3.05, 3.63) is 0 Å². The molecular weight excluding hydrogens is 78.0 g/mol. The quantitative estimate of drug-likeness (QED) is 0.220. The van der Waals surface area contributed by atoms with Crippen molar-refractivity contribution in [2.24, 2.45) is 0 Å². The van der Waals surface area contributed by atoms with Crippen LogP contribution in [0.15, 0.2) is 0 Å². The van der Waals surface area contributed by atoms with Gasteiger partial charge in [-0.15, -0.1) is 0 Å². The lowest BCUT2D eigenvalue weighted by atomic mass is 13.0. The third-order valence-electron chi connectivity index (χ3n) is 0.393. The van der Waals surface area contributed by atoms with E-state index in [0.717, 1.165) is 0 Å². The van der Waals surface area contributed by atoms with Gasteiger partial charge in [-0.1, -0.05) is 0 Å². The second-order valence-corrected chi connectivity index (χ2v) is 0.745. The Labute approximate surface area is 26.5 Å². The molecule has 0 aliphatic carbocycles. The Morgan fingerprint density at radius 3 is 1.20 bits per heavy atom. The Hall–Kier alpha value is -0.200. The van der Waals surface area contributed by atoms with Gasteiger partial charge >= 0.3 is 5.14 Å². The molecule has 0 saturated carbocycles. The first-order valence-corrected chi connectivity index (χ1v) is 1.06. The van der Waals surface area contributed by atoms with E-state index in [4.69, 9.17) is 0 Å². The van der Waals surface area contributed by atoms with Gasteiger partial charge < -0.3 is 0 Å². The highest BCUT2D eigenvalue weighted by atomic mass is 18.0. The molecule has 5 heavy (non-hydrogen) atoms. The third kappa shape index (κ3) is 0.128. The van der Waals surface area contributed by atoms with Crippen molar-refractivity contribution in [1.82, 2.24) is 0 Å². The fourth-order valence-electron chi connectivity index (χ4n) is 0.104. The molecule has 2 rings (SSSR count). The molecule has 28 valence electrons. The summed E-state index contributed by atoms with van der Waals surface area (Å²) < 4.78 is 0. The molecule has 0 radical (unpaired) electrons. The summed E-state index contributed by atoms with van der Waals surface area (Å²) >= 11 is 0. The van der Waals surface area contributed by atoms with E-state index in [-0.39, 0.29) is 0 Å². The van der Waals surface area contributed by atoms with E-state index in [2.05, 4.69) is 20.0 Å². The van der Waals surface area contributed by atoms with Crippen LogP contribution in [-0.2, 0) is 20.0 Å². The predicted molar refractivity (Wildman–Crippen MR) is 4.60 cm³/mol. The molecule has 2 saturated heterocycles. The number of hydrogen-bond acceptors (Lipinski definition) is 4. The molecule has 1 spiro atoms. The van der Waals surface area contributed by atoms with Crippen LogP contribution in [0.1, 0.15) is 0 Å². The third-order valence-corrected chi connectivity index (χ3v) is 0.393. The minimum Gasteiger partial charge on any atom is 0.152 e. The summed E-state index contributed by atoms with van der Waals surface area (Å²) in [5, 5.41) is -0.500. The van der Waals surface area contributed by atoms with Gasteiger partial charge in [-0.2, -0.15) is 0 Å². The monoisotopic (exact) mass is 78.0 g/mol. The molecule has 5 heteroatoms. The highest BCUT2D eigenvalue weighted by Gasteiger charge is 2.81. The molecule has 0 aromatic heterocycles. The van der Waals surface area contributed by atoms with E-state index in [1.54, 1.807) is 0 Å². The Balaban J connectivity index is 2.30. The molecule has 0 atom stereocenters. The molecule has 2 aliphatic heterocycles. The van der Waals surface area contributed by atoms with Gasteiger partial charge in [0.25, 0.3) is 0 Å². The largest absolute Gasteiger partial charge is 0.391 e. The predicted octanol–water partition coefficient (Wildman–Crippen LogP) is -0.613. The minimum absolute atomic E-state index is 0.500. The Morgan fingerprint density at radius 2 is 1.20 bits per heavy atom. The molecule has 5 nitrogen and oxygen atoms in total. The smallest absolute Gasteiger partial charge is 0.152 e. The summed E-state index contributed by atoms with van der Waals surface area (Å²) in [7, 11) is 0. The number of nitrogens with zero attached hydrogens (tertiary/aromatic N) is 1. The van der Waals surface area contributed by atoms with Gasteiger partial charge in [0.2, 0.25) is 0 Å². The zero-order chi connectivity index (χ0) is 3.33. The van der Waals surface area contributed by atoms with E-state index in [1.165, 1.54) is 0 Å². The molecular formula is NO4+. The highest BCUT2D eigenvalue weighted by molar-refractivity contribution is 3.37. The van der Waals surface area contributed by atoms with Crippen LogP contribution in [0.3, 0.4) is 0 Å². The number of hydrogen-bond donors (Lipinski definition) is 0. The van der Waals surface area contributed by atoms with Crippen LogP contribution < -0.4 is 0 Å². The average Bonchev–Trinajstić information content (AvgIpc) is 2.17. The molecule has 2 fully saturated rings. The zero-order valence-electron chi connectivity index (χ0n) is 2.08. The van der Waals surface area contributed by atoms with Crippen molar-refractivity contribution in [3.8, 4) is 0 Å². The normalized spacial score (nSPS) is 38.4. The second kappa shape index (κ2) is 0.310. The molecule has 0 aromatic carbocycles. The Kier molecular flexibility index (Phi) is 0.128. The van der Waals surface area contributed by atoms with E-state index >= 15 is 0 Å². The highest BCUT2D eigenvalue weighted by Crippen LogP contribution is 2.40. The maximum Gasteiger partial charge on any atom is 0.391 e. The summed E-state index contributed by atoms with van der Waals surface area (Å²) in [6.45, 7) is 0. The second-order valence-electron chi connectivity index (χ2n) is 0.745. The Bertz CT molecular complexity index is 46.5. The van der Waals surface area contributed by atoms with E-state index in [9.17, 15) is 0 Å². The van der Waals surface area contributed by atoms with Crippen LogP contribution in [0, 0.1) is 0 Å². The molecule has 0 aromatic rings. The SMILES string of the molecule is O1O[N+]12OO2. The van der Waals surface area contributed by atoms with Crippen molar-refractivity contribution in [1.29, 1.82) is 0 Å². The fourth-order valence-corrected chi connectivity index (χ4v) is 0.104. The average molecular weight is 78.0 g/mol.